The molecular weight excluding hydrogens is 384 g/mol. The van der Waals surface area contributed by atoms with E-state index >= 15 is 0 Å². The fourth-order valence-electron chi connectivity index (χ4n) is 3.75. The van der Waals surface area contributed by atoms with Crippen molar-refractivity contribution in [3.63, 3.8) is 0 Å². The van der Waals surface area contributed by atoms with Gasteiger partial charge in [0.15, 0.2) is 0 Å². The summed E-state index contributed by atoms with van der Waals surface area (Å²) >= 11 is 0. The Balaban J connectivity index is 1.59. The summed E-state index contributed by atoms with van der Waals surface area (Å²) in [7, 11) is 0. The maximum absolute atomic E-state index is 12.3. The summed E-state index contributed by atoms with van der Waals surface area (Å²) in [4.78, 5) is 35.5. The van der Waals surface area contributed by atoms with Gasteiger partial charge in [0.05, 0.1) is 6.42 Å². The molecule has 3 rings (SSSR count). The Labute approximate surface area is 175 Å². The van der Waals surface area contributed by atoms with Crippen LogP contribution in [0, 0.1) is 0 Å². The van der Waals surface area contributed by atoms with E-state index in [1.807, 2.05) is 36.4 Å². The lowest BCUT2D eigenvalue weighted by Crippen LogP contribution is -2.52. The Morgan fingerprint density at radius 3 is 2.10 bits per heavy atom. The van der Waals surface area contributed by atoms with Gasteiger partial charge in [0.1, 0.15) is 12.6 Å². The Kier molecular flexibility index (Phi) is 6.10. The number of carbonyl (C=O) groups is 3. The van der Waals surface area contributed by atoms with Gasteiger partial charge in [0, 0.05) is 11.5 Å². The number of carboxylic acids is 1. The predicted molar refractivity (Wildman–Crippen MR) is 112 cm³/mol. The molecule has 0 fully saturated rings. The van der Waals surface area contributed by atoms with Crippen LogP contribution >= 0.6 is 0 Å². The molecule has 0 saturated heterocycles. The number of carbonyl (C=O) groups excluding carboxylic acids is 2. The number of alkyl carbamates (subject to hydrolysis) is 1. The first-order valence-corrected chi connectivity index (χ1v) is 9.83. The zero-order chi connectivity index (χ0) is 21.9. The molecule has 2 amide bonds. The van der Waals surface area contributed by atoms with Crippen LogP contribution in [-0.4, -0.2) is 41.3 Å². The van der Waals surface area contributed by atoms with Gasteiger partial charge >= 0.3 is 12.1 Å². The summed E-state index contributed by atoms with van der Waals surface area (Å²) in [6.45, 7) is 4.89. The maximum atomic E-state index is 12.3. The van der Waals surface area contributed by atoms with Crippen molar-refractivity contribution in [1.29, 1.82) is 0 Å². The van der Waals surface area contributed by atoms with Gasteiger partial charge in [-0.3, -0.25) is 9.59 Å². The monoisotopic (exact) mass is 410 g/mol. The van der Waals surface area contributed by atoms with E-state index in [1.165, 1.54) is 6.92 Å². The molecular formula is C23H26N2O5. The Bertz CT molecular complexity index is 924. The summed E-state index contributed by atoms with van der Waals surface area (Å²) in [5.41, 5.74) is 3.55. The first kappa shape index (κ1) is 21.4. The molecule has 1 aliphatic carbocycles. The molecule has 0 saturated carbocycles. The quantitative estimate of drug-likeness (QED) is 0.650. The molecule has 0 spiro atoms. The van der Waals surface area contributed by atoms with Gasteiger partial charge in [-0.15, -0.1) is 0 Å². The van der Waals surface area contributed by atoms with Crippen LogP contribution in [0.5, 0.6) is 0 Å². The molecule has 0 heterocycles. The molecule has 0 aliphatic heterocycles. The third kappa shape index (κ3) is 4.79. The fraction of sp³-hybridized carbons (Fsp3) is 0.348. The Morgan fingerprint density at radius 1 is 1.03 bits per heavy atom. The van der Waals surface area contributed by atoms with E-state index in [0.717, 1.165) is 22.3 Å². The zero-order valence-electron chi connectivity index (χ0n) is 17.3. The third-order valence-corrected chi connectivity index (χ3v) is 5.13. The van der Waals surface area contributed by atoms with Crippen LogP contribution in [-0.2, 0) is 14.3 Å². The van der Waals surface area contributed by atoms with E-state index in [4.69, 9.17) is 9.84 Å². The van der Waals surface area contributed by atoms with E-state index < -0.39 is 29.6 Å². The van der Waals surface area contributed by atoms with Crippen molar-refractivity contribution >= 4 is 18.0 Å². The van der Waals surface area contributed by atoms with E-state index in [1.54, 1.807) is 13.8 Å². The van der Waals surface area contributed by atoms with Crippen molar-refractivity contribution in [3.8, 4) is 11.1 Å². The molecule has 7 heteroatoms. The van der Waals surface area contributed by atoms with Crippen molar-refractivity contribution in [2.45, 2.75) is 44.7 Å². The lowest BCUT2D eigenvalue weighted by Gasteiger charge is -2.26. The zero-order valence-corrected chi connectivity index (χ0v) is 17.3. The maximum Gasteiger partial charge on any atom is 0.407 e. The highest BCUT2D eigenvalue weighted by molar-refractivity contribution is 5.86. The van der Waals surface area contributed by atoms with Crippen LogP contribution in [0.1, 0.15) is 44.2 Å². The highest BCUT2D eigenvalue weighted by Crippen LogP contribution is 2.44. The molecule has 2 aromatic rings. The second-order valence-electron chi connectivity index (χ2n) is 8.14. The minimum atomic E-state index is -1.02. The standard InChI is InChI=1S/C23H26N2O5/c1-14(21(28)25-23(2,3)12-20(26)27)24-22(29)30-13-19-17-10-6-4-8-15(17)16-9-5-7-11-18(16)19/h4-11,14,19H,12-13H2,1-3H3,(H,24,29)(H,25,28)(H,26,27). The highest BCUT2D eigenvalue weighted by atomic mass is 16.5. The van der Waals surface area contributed by atoms with E-state index in [-0.39, 0.29) is 18.9 Å². The largest absolute Gasteiger partial charge is 0.481 e. The topological polar surface area (TPSA) is 105 Å². The second-order valence-corrected chi connectivity index (χ2v) is 8.14. The van der Waals surface area contributed by atoms with Gasteiger partial charge in [-0.2, -0.15) is 0 Å². The minimum absolute atomic E-state index is 0.0678. The third-order valence-electron chi connectivity index (χ3n) is 5.13. The van der Waals surface area contributed by atoms with Gasteiger partial charge in [-0.05, 0) is 43.0 Å². The summed E-state index contributed by atoms with van der Waals surface area (Å²) < 4.78 is 5.43. The molecule has 3 N–H and O–H groups in total. The Hall–Kier alpha value is -3.35. The molecule has 1 aliphatic rings. The normalized spacial score (nSPS) is 13.7. The van der Waals surface area contributed by atoms with E-state index in [9.17, 15) is 14.4 Å². The molecule has 1 atom stereocenters. The SMILES string of the molecule is CC(NC(=O)OCC1c2ccccc2-c2ccccc21)C(=O)NC(C)(C)CC(=O)O. The van der Waals surface area contributed by atoms with Crippen LogP contribution in [0.2, 0.25) is 0 Å². The lowest BCUT2D eigenvalue weighted by molar-refractivity contribution is -0.138. The first-order chi connectivity index (χ1) is 14.2. The van der Waals surface area contributed by atoms with Gasteiger partial charge < -0.3 is 20.5 Å². The van der Waals surface area contributed by atoms with Crippen molar-refractivity contribution in [3.05, 3.63) is 59.7 Å². The summed E-state index contributed by atoms with van der Waals surface area (Å²) in [6, 6.07) is 15.2. The smallest absolute Gasteiger partial charge is 0.407 e. The predicted octanol–water partition coefficient (Wildman–Crippen LogP) is 3.28. The Morgan fingerprint density at radius 2 is 1.57 bits per heavy atom. The van der Waals surface area contributed by atoms with Gasteiger partial charge in [-0.25, -0.2) is 4.79 Å². The van der Waals surface area contributed by atoms with Crippen LogP contribution in [0.25, 0.3) is 11.1 Å². The van der Waals surface area contributed by atoms with Gasteiger partial charge in [0.25, 0.3) is 0 Å². The molecule has 0 radical (unpaired) electrons. The number of nitrogens with one attached hydrogen (secondary N) is 2. The number of aliphatic carboxylic acids is 1. The summed E-state index contributed by atoms with van der Waals surface area (Å²) in [6.07, 6.45) is -0.924. The number of ether oxygens (including phenoxy) is 1. The van der Waals surface area contributed by atoms with Crippen LogP contribution in [0.15, 0.2) is 48.5 Å². The van der Waals surface area contributed by atoms with Crippen LogP contribution in [0.3, 0.4) is 0 Å². The fourth-order valence-corrected chi connectivity index (χ4v) is 3.75. The number of fused-ring (bicyclic) bond motifs is 3. The summed E-state index contributed by atoms with van der Waals surface area (Å²) in [5, 5.41) is 14.1. The molecule has 158 valence electrons. The number of hydrogen-bond acceptors (Lipinski definition) is 4. The molecule has 2 aromatic carbocycles. The van der Waals surface area contributed by atoms with Crippen molar-refractivity contribution in [2.24, 2.45) is 0 Å². The van der Waals surface area contributed by atoms with Crippen LogP contribution < -0.4 is 10.6 Å². The molecule has 0 aromatic heterocycles. The van der Waals surface area contributed by atoms with Crippen molar-refractivity contribution < 1.29 is 24.2 Å². The number of carboxylic acid groups (broad SMARTS) is 1. The van der Waals surface area contributed by atoms with Crippen molar-refractivity contribution in [2.75, 3.05) is 6.61 Å². The number of benzene rings is 2. The number of amides is 2. The molecule has 1 unspecified atom stereocenters. The van der Waals surface area contributed by atoms with Crippen molar-refractivity contribution in [1.82, 2.24) is 10.6 Å². The number of rotatable bonds is 7. The highest BCUT2D eigenvalue weighted by Gasteiger charge is 2.30. The minimum Gasteiger partial charge on any atom is -0.481 e. The number of hydrogen-bond donors (Lipinski definition) is 3. The summed E-state index contributed by atoms with van der Waals surface area (Å²) in [5.74, 6) is -1.56. The average Bonchev–Trinajstić information content (AvgIpc) is 2.99. The lowest BCUT2D eigenvalue weighted by atomic mass is 9.98. The van der Waals surface area contributed by atoms with E-state index in [0.29, 0.717) is 0 Å². The molecule has 0 bridgehead atoms. The average molecular weight is 410 g/mol. The second kappa shape index (κ2) is 8.57. The first-order valence-electron chi connectivity index (χ1n) is 9.83. The molecule has 30 heavy (non-hydrogen) atoms. The molecule has 7 nitrogen and oxygen atoms in total. The van der Waals surface area contributed by atoms with Crippen LogP contribution in [0.4, 0.5) is 4.79 Å². The van der Waals surface area contributed by atoms with Gasteiger partial charge in [-0.1, -0.05) is 48.5 Å². The van der Waals surface area contributed by atoms with E-state index in [2.05, 4.69) is 22.8 Å². The van der Waals surface area contributed by atoms with Gasteiger partial charge in [0.2, 0.25) is 5.91 Å².